The van der Waals surface area contributed by atoms with Crippen LogP contribution in [0.3, 0.4) is 0 Å². The molecule has 2 heterocycles. The van der Waals surface area contributed by atoms with Crippen molar-refractivity contribution in [1.29, 1.82) is 0 Å². The molecule has 0 spiro atoms. The number of likely N-dealkylation sites (tertiary alicyclic amines) is 1. The SMILES string of the molecule is CC1(CCN2CCCCC2)OCC(CC(=O)O)O1. The van der Waals surface area contributed by atoms with Gasteiger partial charge in [-0.15, -0.1) is 0 Å². The first-order valence-corrected chi connectivity index (χ1v) is 6.83. The Labute approximate surface area is 108 Å². The van der Waals surface area contributed by atoms with E-state index >= 15 is 0 Å². The summed E-state index contributed by atoms with van der Waals surface area (Å²) in [6.45, 7) is 5.60. The van der Waals surface area contributed by atoms with E-state index in [9.17, 15) is 4.79 Å². The maximum Gasteiger partial charge on any atom is 0.306 e. The number of carboxylic acids is 1. The van der Waals surface area contributed by atoms with Gasteiger partial charge >= 0.3 is 5.97 Å². The van der Waals surface area contributed by atoms with Crippen LogP contribution in [0.4, 0.5) is 0 Å². The molecule has 5 heteroatoms. The maximum atomic E-state index is 10.6. The van der Waals surface area contributed by atoms with Crippen molar-refractivity contribution in [3.8, 4) is 0 Å². The van der Waals surface area contributed by atoms with Crippen LogP contribution < -0.4 is 0 Å². The highest BCUT2D eigenvalue weighted by molar-refractivity contribution is 5.67. The lowest BCUT2D eigenvalue weighted by atomic mass is 10.1. The number of ether oxygens (including phenoxy) is 2. The molecule has 18 heavy (non-hydrogen) atoms. The molecule has 2 unspecified atom stereocenters. The van der Waals surface area contributed by atoms with Crippen molar-refractivity contribution in [1.82, 2.24) is 4.90 Å². The molecule has 0 amide bonds. The fourth-order valence-corrected chi connectivity index (χ4v) is 2.66. The molecule has 0 radical (unpaired) electrons. The van der Waals surface area contributed by atoms with Crippen LogP contribution in [0, 0.1) is 0 Å². The summed E-state index contributed by atoms with van der Waals surface area (Å²) in [5.41, 5.74) is 0. The van der Waals surface area contributed by atoms with Crippen LogP contribution in [0.15, 0.2) is 0 Å². The first kappa shape index (κ1) is 13.8. The Kier molecular flexibility index (Phi) is 4.59. The number of carboxylic acid groups (broad SMARTS) is 1. The first-order chi connectivity index (χ1) is 8.57. The van der Waals surface area contributed by atoms with E-state index in [2.05, 4.69) is 4.90 Å². The van der Waals surface area contributed by atoms with Gasteiger partial charge in [-0.25, -0.2) is 0 Å². The molecule has 0 bridgehead atoms. The van der Waals surface area contributed by atoms with Crippen LogP contribution in [0.1, 0.15) is 39.0 Å². The summed E-state index contributed by atoms with van der Waals surface area (Å²) in [6.07, 6.45) is 4.43. The minimum absolute atomic E-state index is 0.0271. The molecule has 1 N–H and O–H groups in total. The van der Waals surface area contributed by atoms with Crippen molar-refractivity contribution in [2.45, 2.75) is 50.9 Å². The van der Waals surface area contributed by atoms with Gasteiger partial charge in [-0.2, -0.15) is 0 Å². The summed E-state index contributed by atoms with van der Waals surface area (Å²) in [4.78, 5) is 13.1. The highest BCUT2D eigenvalue weighted by Gasteiger charge is 2.38. The number of hydrogen-bond donors (Lipinski definition) is 1. The highest BCUT2D eigenvalue weighted by atomic mass is 16.7. The van der Waals surface area contributed by atoms with Crippen LogP contribution >= 0.6 is 0 Å². The fourth-order valence-electron chi connectivity index (χ4n) is 2.66. The van der Waals surface area contributed by atoms with Gasteiger partial charge in [0.15, 0.2) is 5.79 Å². The lowest BCUT2D eigenvalue weighted by Gasteiger charge is -2.30. The topological polar surface area (TPSA) is 59.0 Å². The van der Waals surface area contributed by atoms with E-state index in [-0.39, 0.29) is 12.5 Å². The average Bonchev–Trinajstić information content (AvgIpc) is 2.70. The Morgan fingerprint density at radius 1 is 1.39 bits per heavy atom. The second-order valence-corrected chi connectivity index (χ2v) is 5.43. The maximum absolute atomic E-state index is 10.6. The molecule has 2 aliphatic heterocycles. The molecular weight excluding hydrogens is 234 g/mol. The molecule has 104 valence electrons. The van der Waals surface area contributed by atoms with Crippen LogP contribution in [0.25, 0.3) is 0 Å². The Morgan fingerprint density at radius 2 is 2.11 bits per heavy atom. The zero-order valence-electron chi connectivity index (χ0n) is 11.1. The normalized spacial score (nSPS) is 33.7. The summed E-state index contributed by atoms with van der Waals surface area (Å²) in [5, 5.41) is 8.73. The molecule has 2 aliphatic rings. The molecular formula is C13H23NO4. The fraction of sp³-hybridized carbons (Fsp3) is 0.923. The average molecular weight is 257 g/mol. The van der Waals surface area contributed by atoms with E-state index in [0.29, 0.717) is 6.61 Å². The summed E-state index contributed by atoms with van der Waals surface area (Å²) < 4.78 is 11.4. The lowest BCUT2D eigenvalue weighted by Crippen LogP contribution is -2.37. The second kappa shape index (κ2) is 5.99. The number of nitrogens with zero attached hydrogens (tertiary/aromatic N) is 1. The molecule has 2 rings (SSSR count). The van der Waals surface area contributed by atoms with Gasteiger partial charge in [0.05, 0.1) is 19.1 Å². The van der Waals surface area contributed by atoms with Gasteiger partial charge < -0.3 is 19.5 Å². The molecule has 0 aliphatic carbocycles. The summed E-state index contributed by atoms with van der Waals surface area (Å²) in [7, 11) is 0. The number of hydrogen-bond acceptors (Lipinski definition) is 4. The van der Waals surface area contributed by atoms with Crippen LogP contribution in [0.5, 0.6) is 0 Å². The standard InChI is InChI=1S/C13H23NO4/c1-13(5-8-14-6-3-2-4-7-14)17-10-11(18-13)9-12(15)16/h11H,2-10H2,1H3,(H,15,16). The largest absolute Gasteiger partial charge is 0.481 e. The molecule has 2 fully saturated rings. The summed E-state index contributed by atoms with van der Waals surface area (Å²) in [5.74, 6) is -1.43. The lowest BCUT2D eigenvalue weighted by molar-refractivity contribution is -0.165. The van der Waals surface area contributed by atoms with E-state index in [4.69, 9.17) is 14.6 Å². The van der Waals surface area contributed by atoms with Crippen LogP contribution in [-0.4, -0.2) is 54.1 Å². The quantitative estimate of drug-likeness (QED) is 0.808. The minimum atomic E-state index is -0.830. The van der Waals surface area contributed by atoms with Gasteiger partial charge in [-0.3, -0.25) is 4.79 Å². The summed E-state index contributed by atoms with van der Waals surface area (Å²) >= 11 is 0. The van der Waals surface area contributed by atoms with Crippen molar-refractivity contribution >= 4 is 5.97 Å². The first-order valence-electron chi connectivity index (χ1n) is 6.83. The van der Waals surface area contributed by atoms with Crippen molar-refractivity contribution in [2.24, 2.45) is 0 Å². The summed E-state index contributed by atoms with van der Waals surface area (Å²) in [6, 6.07) is 0. The number of carbonyl (C=O) groups is 1. The number of aliphatic carboxylic acids is 1. The van der Waals surface area contributed by atoms with E-state index in [1.165, 1.54) is 19.3 Å². The van der Waals surface area contributed by atoms with E-state index < -0.39 is 11.8 Å². The zero-order valence-corrected chi connectivity index (χ0v) is 11.1. The Morgan fingerprint density at radius 3 is 2.78 bits per heavy atom. The smallest absolute Gasteiger partial charge is 0.306 e. The molecule has 0 aromatic carbocycles. The zero-order chi connectivity index (χ0) is 13.0. The van der Waals surface area contributed by atoms with Gasteiger partial charge in [-0.1, -0.05) is 6.42 Å². The van der Waals surface area contributed by atoms with E-state index in [0.717, 1.165) is 26.1 Å². The van der Waals surface area contributed by atoms with E-state index in [1.807, 2.05) is 6.92 Å². The van der Waals surface area contributed by atoms with Gasteiger partial charge in [0.25, 0.3) is 0 Å². The van der Waals surface area contributed by atoms with Crippen LogP contribution in [-0.2, 0) is 14.3 Å². The Hall–Kier alpha value is -0.650. The molecule has 2 atom stereocenters. The van der Waals surface area contributed by atoms with Gasteiger partial charge in [0.2, 0.25) is 0 Å². The van der Waals surface area contributed by atoms with Crippen molar-refractivity contribution in [3.63, 3.8) is 0 Å². The molecule has 5 nitrogen and oxygen atoms in total. The predicted octanol–water partition coefficient (Wildman–Crippen LogP) is 1.47. The van der Waals surface area contributed by atoms with Gasteiger partial charge in [0, 0.05) is 13.0 Å². The van der Waals surface area contributed by atoms with Crippen LogP contribution in [0.2, 0.25) is 0 Å². The third kappa shape index (κ3) is 3.93. The van der Waals surface area contributed by atoms with E-state index in [1.54, 1.807) is 0 Å². The van der Waals surface area contributed by atoms with Gasteiger partial charge in [-0.05, 0) is 32.9 Å². The highest BCUT2D eigenvalue weighted by Crippen LogP contribution is 2.28. The number of piperidine rings is 1. The molecule has 0 aromatic rings. The minimum Gasteiger partial charge on any atom is -0.481 e. The molecule has 0 saturated carbocycles. The number of rotatable bonds is 5. The second-order valence-electron chi connectivity index (χ2n) is 5.43. The third-order valence-corrected chi connectivity index (χ3v) is 3.72. The Bertz CT molecular complexity index is 291. The van der Waals surface area contributed by atoms with Crippen molar-refractivity contribution in [2.75, 3.05) is 26.2 Å². The van der Waals surface area contributed by atoms with Crippen molar-refractivity contribution in [3.05, 3.63) is 0 Å². The third-order valence-electron chi connectivity index (χ3n) is 3.72. The molecule has 2 saturated heterocycles. The van der Waals surface area contributed by atoms with Crippen molar-refractivity contribution < 1.29 is 19.4 Å². The van der Waals surface area contributed by atoms with Gasteiger partial charge in [0.1, 0.15) is 0 Å². The monoisotopic (exact) mass is 257 g/mol. The molecule has 0 aromatic heterocycles. The Balaban J connectivity index is 1.73. The predicted molar refractivity (Wildman–Crippen MR) is 66.4 cm³/mol.